The zero-order chi connectivity index (χ0) is 25.0. The van der Waals surface area contributed by atoms with Gasteiger partial charge in [-0.1, -0.05) is 24.3 Å². The quantitative estimate of drug-likeness (QED) is 0.341. The molecule has 1 heterocycles. The van der Waals surface area contributed by atoms with Crippen molar-refractivity contribution in [2.75, 3.05) is 0 Å². The molecular formula is C22H16BrF2N3O5S. The predicted octanol–water partition coefficient (Wildman–Crippen LogP) is 4.87. The molecule has 34 heavy (non-hydrogen) atoms. The minimum atomic E-state index is -4.03. The number of fused-ring (bicyclic) bond motifs is 1. The first-order valence-electron chi connectivity index (χ1n) is 9.75. The van der Waals surface area contributed by atoms with Crippen molar-refractivity contribution in [1.29, 1.82) is 5.26 Å². The predicted molar refractivity (Wildman–Crippen MR) is 122 cm³/mol. The second-order valence-corrected chi connectivity index (χ2v) is 9.10. The molecule has 3 rings (SSSR count). The Balaban J connectivity index is 1.93. The molecule has 0 saturated heterocycles. The third kappa shape index (κ3) is 5.43. The van der Waals surface area contributed by atoms with Gasteiger partial charge in [0.25, 0.3) is 0 Å². The number of benzene rings is 2. The van der Waals surface area contributed by atoms with Crippen molar-refractivity contribution >= 4 is 56.2 Å². The van der Waals surface area contributed by atoms with E-state index < -0.39 is 48.2 Å². The first-order valence-corrected chi connectivity index (χ1v) is 11.4. The summed E-state index contributed by atoms with van der Waals surface area (Å²) in [5.41, 5.74) is 0.834. The molecule has 0 bridgehead atoms. The molecule has 176 valence electrons. The van der Waals surface area contributed by atoms with E-state index in [9.17, 15) is 33.5 Å². The Labute approximate surface area is 204 Å². The number of carboxylic acid groups (broad SMARTS) is 2. The highest BCUT2D eigenvalue weighted by Gasteiger charge is 2.43. The summed E-state index contributed by atoms with van der Waals surface area (Å²) >= 11 is 3.13. The lowest BCUT2D eigenvalue weighted by Crippen LogP contribution is -2.30. The van der Waals surface area contributed by atoms with Gasteiger partial charge < -0.3 is 10.2 Å². The molecule has 0 aliphatic carbocycles. The third-order valence-electron chi connectivity index (χ3n) is 4.98. The van der Waals surface area contributed by atoms with Crippen LogP contribution in [0.3, 0.4) is 0 Å². The van der Waals surface area contributed by atoms with Crippen molar-refractivity contribution in [2.24, 2.45) is 5.92 Å². The first-order chi connectivity index (χ1) is 16.0. The Morgan fingerprint density at radius 3 is 2.47 bits per heavy atom. The minimum Gasteiger partial charge on any atom is -0.481 e. The average Bonchev–Trinajstić information content (AvgIpc) is 3.14. The number of nitrogens with zero attached hydrogens (tertiary/aromatic N) is 3. The summed E-state index contributed by atoms with van der Waals surface area (Å²) in [5, 5.41) is 24.2. The standard InChI is InChI=1S/C22H16BrF2N3O5S/c23-18-11-27-21(28(18)16-7-5-13(10-26)14-3-1-2-4-15(14)16)34-22(24,25)17(29)9-12(20(32)33)6-8-19(30)31/h1-5,7,11-12H,6,8-9H2,(H,30,31)(H,32,33). The fourth-order valence-electron chi connectivity index (χ4n) is 3.31. The number of aliphatic carboxylic acids is 2. The highest BCUT2D eigenvalue weighted by molar-refractivity contribution is 9.10. The van der Waals surface area contributed by atoms with Crippen LogP contribution in [-0.2, 0) is 14.4 Å². The summed E-state index contributed by atoms with van der Waals surface area (Å²) in [6, 6.07) is 12.1. The fourth-order valence-corrected chi connectivity index (χ4v) is 4.70. The summed E-state index contributed by atoms with van der Waals surface area (Å²) < 4.78 is 31.4. The lowest BCUT2D eigenvalue weighted by atomic mass is 9.97. The number of carboxylic acids is 2. The van der Waals surface area contributed by atoms with E-state index >= 15 is 0 Å². The van der Waals surface area contributed by atoms with Crippen molar-refractivity contribution in [3.05, 3.63) is 52.8 Å². The van der Waals surface area contributed by atoms with Gasteiger partial charge in [-0.3, -0.25) is 19.0 Å². The fraction of sp³-hybridized carbons (Fsp3) is 0.227. The monoisotopic (exact) mass is 551 g/mol. The number of hydrogen-bond donors (Lipinski definition) is 2. The van der Waals surface area contributed by atoms with Gasteiger partial charge in [0.15, 0.2) is 5.16 Å². The van der Waals surface area contributed by atoms with Gasteiger partial charge in [0.2, 0.25) is 5.78 Å². The summed E-state index contributed by atoms with van der Waals surface area (Å²) in [6.07, 6.45) is -0.756. The first kappa shape index (κ1) is 25.3. The Morgan fingerprint density at radius 2 is 1.85 bits per heavy atom. The molecule has 8 nitrogen and oxygen atoms in total. The maximum absolute atomic E-state index is 14.9. The van der Waals surface area contributed by atoms with E-state index in [1.54, 1.807) is 36.4 Å². The van der Waals surface area contributed by atoms with Crippen LogP contribution in [0.15, 0.2) is 52.4 Å². The van der Waals surface area contributed by atoms with Crippen LogP contribution in [0, 0.1) is 17.2 Å². The minimum absolute atomic E-state index is 0.142. The Kier molecular flexibility index (Phi) is 7.68. The molecule has 2 N–H and O–H groups in total. The van der Waals surface area contributed by atoms with Gasteiger partial charge in [-0.25, -0.2) is 4.98 Å². The number of carbonyl (C=O) groups excluding carboxylic acids is 1. The van der Waals surface area contributed by atoms with Gasteiger partial charge in [0.05, 0.1) is 29.4 Å². The van der Waals surface area contributed by atoms with E-state index in [1.807, 2.05) is 0 Å². The maximum atomic E-state index is 14.9. The molecule has 0 aliphatic rings. The van der Waals surface area contributed by atoms with Gasteiger partial charge in [0, 0.05) is 23.6 Å². The Bertz CT molecular complexity index is 1320. The van der Waals surface area contributed by atoms with E-state index in [2.05, 4.69) is 27.0 Å². The molecule has 1 unspecified atom stereocenters. The molecule has 0 spiro atoms. The largest absolute Gasteiger partial charge is 0.481 e. The van der Waals surface area contributed by atoms with E-state index in [4.69, 9.17) is 5.11 Å². The lowest BCUT2D eigenvalue weighted by Gasteiger charge is -2.18. The van der Waals surface area contributed by atoms with Crippen molar-refractivity contribution in [3.8, 4) is 11.8 Å². The van der Waals surface area contributed by atoms with Crippen LogP contribution in [-0.4, -0.2) is 42.7 Å². The van der Waals surface area contributed by atoms with Crippen molar-refractivity contribution in [2.45, 2.75) is 29.7 Å². The molecule has 12 heteroatoms. The zero-order valence-electron chi connectivity index (χ0n) is 17.2. The highest BCUT2D eigenvalue weighted by Crippen LogP contribution is 2.41. The van der Waals surface area contributed by atoms with E-state index in [1.165, 1.54) is 10.8 Å². The molecule has 0 aliphatic heterocycles. The summed E-state index contributed by atoms with van der Waals surface area (Å²) in [7, 11) is 0. The number of nitriles is 1. The number of halogens is 3. The third-order valence-corrected chi connectivity index (χ3v) is 6.49. The number of thioether (sulfide) groups is 1. The molecule has 0 radical (unpaired) electrons. The van der Waals surface area contributed by atoms with Crippen LogP contribution in [0.25, 0.3) is 16.5 Å². The van der Waals surface area contributed by atoms with E-state index in [0.29, 0.717) is 26.6 Å². The maximum Gasteiger partial charge on any atom is 0.358 e. The van der Waals surface area contributed by atoms with Crippen LogP contribution >= 0.6 is 27.7 Å². The number of ketones is 1. The van der Waals surface area contributed by atoms with Gasteiger partial charge in [-0.15, -0.1) is 0 Å². The Hall–Kier alpha value is -3.30. The molecule has 2 aromatic carbocycles. The van der Waals surface area contributed by atoms with Crippen LogP contribution < -0.4 is 0 Å². The van der Waals surface area contributed by atoms with Crippen molar-refractivity contribution in [3.63, 3.8) is 0 Å². The number of Topliss-reactive ketones (excluding diaryl/α,β-unsaturated/α-hetero) is 1. The smallest absolute Gasteiger partial charge is 0.358 e. The van der Waals surface area contributed by atoms with Gasteiger partial charge in [0.1, 0.15) is 4.60 Å². The lowest BCUT2D eigenvalue weighted by molar-refractivity contribution is -0.147. The SMILES string of the molecule is N#Cc1ccc(-n2c(Br)cnc2SC(F)(F)C(=O)CC(CCC(=O)O)C(=O)O)c2ccccc12. The summed E-state index contributed by atoms with van der Waals surface area (Å²) in [4.78, 5) is 38.3. The number of imidazole rings is 1. The van der Waals surface area contributed by atoms with Crippen LogP contribution in [0.2, 0.25) is 0 Å². The number of carbonyl (C=O) groups is 3. The molecule has 1 atom stereocenters. The van der Waals surface area contributed by atoms with Gasteiger partial charge >= 0.3 is 17.2 Å². The van der Waals surface area contributed by atoms with Crippen molar-refractivity contribution < 1.29 is 33.4 Å². The van der Waals surface area contributed by atoms with Crippen LogP contribution in [0.4, 0.5) is 8.78 Å². The summed E-state index contributed by atoms with van der Waals surface area (Å²) in [5.74, 6) is -6.01. The van der Waals surface area contributed by atoms with Crippen LogP contribution in [0.5, 0.6) is 0 Å². The topological polar surface area (TPSA) is 133 Å². The second kappa shape index (κ2) is 10.3. The number of aromatic nitrogens is 2. The Morgan fingerprint density at radius 1 is 1.18 bits per heavy atom. The van der Waals surface area contributed by atoms with Gasteiger partial charge in [-0.05, 0) is 46.2 Å². The molecule has 0 amide bonds. The van der Waals surface area contributed by atoms with Gasteiger partial charge in [-0.2, -0.15) is 14.0 Å². The number of alkyl halides is 2. The second-order valence-electron chi connectivity index (χ2n) is 7.20. The normalized spacial score (nSPS) is 12.3. The van der Waals surface area contributed by atoms with E-state index in [-0.39, 0.29) is 16.9 Å². The molecule has 1 aromatic heterocycles. The molecular weight excluding hydrogens is 536 g/mol. The van der Waals surface area contributed by atoms with Crippen LogP contribution in [0.1, 0.15) is 24.8 Å². The molecule has 0 fully saturated rings. The van der Waals surface area contributed by atoms with Crippen molar-refractivity contribution in [1.82, 2.24) is 9.55 Å². The summed E-state index contributed by atoms with van der Waals surface area (Å²) in [6.45, 7) is 0. The highest BCUT2D eigenvalue weighted by atomic mass is 79.9. The average molecular weight is 552 g/mol. The number of hydrogen-bond acceptors (Lipinski definition) is 6. The molecule has 0 saturated carbocycles. The zero-order valence-corrected chi connectivity index (χ0v) is 19.6. The number of rotatable bonds is 10. The van der Waals surface area contributed by atoms with E-state index in [0.717, 1.165) is 0 Å². The molecule has 3 aromatic rings.